The molecule has 5 heteroatoms. The van der Waals surface area contributed by atoms with E-state index in [0.29, 0.717) is 11.6 Å². The molecule has 0 unspecified atom stereocenters. The second-order valence-electron chi connectivity index (χ2n) is 5.65. The Kier molecular flexibility index (Phi) is 3.72. The molecule has 4 nitrogen and oxygen atoms in total. The molecule has 0 aliphatic heterocycles. The van der Waals surface area contributed by atoms with Crippen molar-refractivity contribution in [2.75, 3.05) is 0 Å². The zero-order valence-corrected chi connectivity index (χ0v) is 12.1. The minimum absolute atomic E-state index is 0.0106. The summed E-state index contributed by atoms with van der Waals surface area (Å²) >= 11 is 6.05. The molecular weight excluding hydrogens is 290 g/mol. The van der Waals surface area contributed by atoms with E-state index in [-0.39, 0.29) is 17.7 Å². The van der Waals surface area contributed by atoms with Gasteiger partial charge in [0.15, 0.2) is 0 Å². The topological polar surface area (TPSA) is 66.4 Å². The third kappa shape index (κ3) is 2.56. The average molecular weight is 306 g/mol. The van der Waals surface area contributed by atoms with Crippen LogP contribution in [0, 0.1) is 23.7 Å². The SMILES string of the molecule is O=C(NCc1ccccc1Cl)[C@@H]1[C@H](C(=O)O)[C@H]2C=C[C@H]1C2. The Hall–Kier alpha value is -1.81. The van der Waals surface area contributed by atoms with Crippen LogP contribution in [0.4, 0.5) is 0 Å². The minimum Gasteiger partial charge on any atom is -0.481 e. The normalized spacial score (nSPS) is 29.6. The number of hydrogen-bond donors (Lipinski definition) is 2. The standard InChI is InChI=1S/C16H16ClNO3/c17-12-4-2-1-3-11(12)8-18-15(19)13-9-5-6-10(7-9)14(13)16(20)21/h1-6,9-10,13-14H,7-8H2,(H,18,19)(H,20,21)/t9-,10-,13-,14+/m0/s1. The van der Waals surface area contributed by atoms with Crippen molar-refractivity contribution in [1.29, 1.82) is 0 Å². The molecule has 1 amide bonds. The van der Waals surface area contributed by atoms with E-state index in [1.54, 1.807) is 6.07 Å². The smallest absolute Gasteiger partial charge is 0.307 e. The molecule has 1 saturated carbocycles. The van der Waals surface area contributed by atoms with Gasteiger partial charge in [0.2, 0.25) is 5.91 Å². The fraction of sp³-hybridized carbons (Fsp3) is 0.375. The molecule has 1 fully saturated rings. The molecule has 0 radical (unpaired) electrons. The first kappa shape index (κ1) is 14.1. The summed E-state index contributed by atoms with van der Waals surface area (Å²) < 4.78 is 0. The maximum atomic E-state index is 12.4. The lowest BCUT2D eigenvalue weighted by atomic mass is 9.82. The number of halogens is 1. The van der Waals surface area contributed by atoms with Crippen LogP contribution in [0.1, 0.15) is 12.0 Å². The Morgan fingerprint density at radius 3 is 2.52 bits per heavy atom. The molecule has 110 valence electrons. The average Bonchev–Trinajstić information content (AvgIpc) is 3.06. The Bertz CT molecular complexity index is 613. The zero-order valence-electron chi connectivity index (χ0n) is 11.3. The maximum Gasteiger partial charge on any atom is 0.307 e. The van der Waals surface area contributed by atoms with Crippen LogP contribution in [-0.2, 0) is 16.1 Å². The third-order valence-corrected chi connectivity index (χ3v) is 4.83. The summed E-state index contributed by atoms with van der Waals surface area (Å²) in [6, 6.07) is 7.30. The van der Waals surface area contributed by atoms with Crippen molar-refractivity contribution in [3.8, 4) is 0 Å². The number of allylic oxidation sites excluding steroid dienone is 2. The first-order valence-electron chi connectivity index (χ1n) is 7.00. The molecule has 4 atom stereocenters. The molecule has 1 aromatic carbocycles. The summed E-state index contributed by atoms with van der Waals surface area (Å²) in [5.74, 6) is -2.12. The Morgan fingerprint density at radius 2 is 1.86 bits per heavy atom. The van der Waals surface area contributed by atoms with Crippen molar-refractivity contribution in [3.63, 3.8) is 0 Å². The molecule has 2 aliphatic carbocycles. The Morgan fingerprint density at radius 1 is 1.19 bits per heavy atom. The molecule has 3 rings (SSSR count). The monoisotopic (exact) mass is 305 g/mol. The predicted molar refractivity (Wildman–Crippen MR) is 78.7 cm³/mol. The number of carbonyl (C=O) groups excluding carboxylic acids is 1. The van der Waals surface area contributed by atoms with Gasteiger partial charge in [-0.3, -0.25) is 9.59 Å². The molecule has 0 aromatic heterocycles. The van der Waals surface area contributed by atoms with Crippen LogP contribution in [0.15, 0.2) is 36.4 Å². The van der Waals surface area contributed by atoms with Crippen molar-refractivity contribution in [3.05, 3.63) is 47.0 Å². The number of nitrogens with one attached hydrogen (secondary N) is 1. The van der Waals surface area contributed by atoms with Crippen LogP contribution in [0.5, 0.6) is 0 Å². The van der Waals surface area contributed by atoms with Crippen LogP contribution in [0.3, 0.4) is 0 Å². The Labute approximate surface area is 127 Å². The predicted octanol–water partition coefficient (Wildman–Crippen LogP) is 2.48. The lowest BCUT2D eigenvalue weighted by molar-refractivity contribution is -0.147. The van der Waals surface area contributed by atoms with Gasteiger partial charge in [0.1, 0.15) is 0 Å². The minimum atomic E-state index is -0.884. The van der Waals surface area contributed by atoms with Crippen LogP contribution >= 0.6 is 11.6 Å². The second kappa shape index (κ2) is 5.53. The summed E-state index contributed by atoms with van der Waals surface area (Å²) in [6.45, 7) is 0.322. The van der Waals surface area contributed by atoms with Crippen LogP contribution < -0.4 is 5.32 Å². The van der Waals surface area contributed by atoms with E-state index in [9.17, 15) is 14.7 Å². The first-order chi connectivity index (χ1) is 10.1. The van der Waals surface area contributed by atoms with E-state index in [1.807, 2.05) is 30.4 Å². The molecule has 21 heavy (non-hydrogen) atoms. The molecule has 2 bridgehead atoms. The number of carboxylic acids is 1. The van der Waals surface area contributed by atoms with Gasteiger partial charge in [-0.2, -0.15) is 0 Å². The number of benzene rings is 1. The largest absolute Gasteiger partial charge is 0.481 e. The lowest BCUT2D eigenvalue weighted by Gasteiger charge is -2.23. The van der Waals surface area contributed by atoms with Gasteiger partial charge in [-0.05, 0) is 29.9 Å². The van der Waals surface area contributed by atoms with Gasteiger partial charge in [-0.25, -0.2) is 0 Å². The molecular formula is C16H16ClNO3. The van der Waals surface area contributed by atoms with Crippen molar-refractivity contribution in [2.24, 2.45) is 23.7 Å². The highest BCUT2D eigenvalue weighted by molar-refractivity contribution is 6.31. The summed E-state index contributed by atoms with van der Waals surface area (Å²) in [4.78, 5) is 23.8. The van der Waals surface area contributed by atoms with E-state index in [4.69, 9.17) is 11.6 Å². The molecule has 2 N–H and O–H groups in total. The van der Waals surface area contributed by atoms with Gasteiger partial charge in [0.05, 0.1) is 11.8 Å². The number of carboxylic acid groups (broad SMARTS) is 1. The van der Waals surface area contributed by atoms with Gasteiger partial charge >= 0.3 is 5.97 Å². The summed E-state index contributed by atoms with van der Waals surface area (Å²) in [5, 5.41) is 12.8. The fourth-order valence-electron chi connectivity index (χ4n) is 3.46. The second-order valence-corrected chi connectivity index (χ2v) is 6.05. The quantitative estimate of drug-likeness (QED) is 0.840. The molecule has 1 aromatic rings. The van der Waals surface area contributed by atoms with Gasteiger partial charge in [-0.1, -0.05) is 42.0 Å². The van der Waals surface area contributed by atoms with Gasteiger partial charge in [0.25, 0.3) is 0 Å². The van der Waals surface area contributed by atoms with Crippen molar-refractivity contribution in [1.82, 2.24) is 5.32 Å². The Balaban J connectivity index is 1.69. The van der Waals surface area contributed by atoms with E-state index >= 15 is 0 Å². The van der Waals surface area contributed by atoms with Crippen LogP contribution in [0.2, 0.25) is 5.02 Å². The summed E-state index contributed by atoms with van der Waals surface area (Å²) in [7, 11) is 0. The van der Waals surface area contributed by atoms with E-state index in [1.165, 1.54) is 0 Å². The fourth-order valence-corrected chi connectivity index (χ4v) is 3.66. The highest BCUT2D eigenvalue weighted by atomic mass is 35.5. The highest BCUT2D eigenvalue weighted by Crippen LogP contribution is 2.48. The number of carbonyl (C=O) groups is 2. The number of aliphatic carboxylic acids is 1. The number of fused-ring (bicyclic) bond motifs is 2. The molecule has 0 heterocycles. The van der Waals surface area contributed by atoms with Crippen LogP contribution in [0.25, 0.3) is 0 Å². The maximum absolute atomic E-state index is 12.4. The first-order valence-corrected chi connectivity index (χ1v) is 7.38. The van der Waals surface area contributed by atoms with E-state index in [0.717, 1.165) is 12.0 Å². The number of amides is 1. The van der Waals surface area contributed by atoms with Crippen molar-refractivity contribution >= 4 is 23.5 Å². The zero-order chi connectivity index (χ0) is 15.0. The number of hydrogen-bond acceptors (Lipinski definition) is 2. The molecule has 0 saturated heterocycles. The summed E-state index contributed by atoms with van der Waals surface area (Å²) in [6.07, 6.45) is 4.67. The number of rotatable bonds is 4. The van der Waals surface area contributed by atoms with E-state index in [2.05, 4.69) is 5.32 Å². The van der Waals surface area contributed by atoms with E-state index < -0.39 is 17.8 Å². The lowest BCUT2D eigenvalue weighted by Crippen LogP contribution is -2.39. The van der Waals surface area contributed by atoms with Crippen molar-refractivity contribution < 1.29 is 14.7 Å². The third-order valence-electron chi connectivity index (χ3n) is 4.46. The summed E-state index contributed by atoms with van der Waals surface area (Å²) in [5.41, 5.74) is 0.832. The van der Waals surface area contributed by atoms with Gasteiger partial charge < -0.3 is 10.4 Å². The molecule has 2 aliphatic rings. The van der Waals surface area contributed by atoms with Crippen LogP contribution in [-0.4, -0.2) is 17.0 Å². The van der Waals surface area contributed by atoms with Gasteiger partial charge in [0, 0.05) is 11.6 Å². The molecule has 0 spiro atoms. The van der Waals surface area contributed by atoms with Crippen molar-refractivity contribution in [2.45, 2.75) is 13.0 Å². The highest BCUT2D eigenvalue weighted by Gasteiger charge is 2.51. The van der Waals surface area contributed by atoms with Gasteiger partial charge in [-0.15, -0.1) is 0 Å².